The fraction of sp³-hybridized carbons (Fsp3) is 0.316. The highest BCUT2D eigenvalue weighted by Crippen LogP contribution is 2.27. The van der Waals surface area contributed by atoms with Crippen LogP contribution in [0.25, 0.3) is 0 Å². The maximum atomic E-state index is 12.1. The van der Waals surface area contributed by atoms with E-state index >= 15 is 0 Å². The number of hydrogen-bond donors (Lipinski definition) is 2. The van der Waals surface area contributed by atoms with E-state index in [9.17, 15) is 13.2 Å². The Morgan fingerprint density at radius 1 is 1.04 bits per heavy atom. The molecule has 0 spiro atoms. The Morgan fingerprint density at radius 2 is 1.73 bits per heavy atom. The molecular weight excluding hydrogens is 368 g/mol. The number of nitrogens with one attached hydrogen (secondary N) is 2. The minimum Gasteiger partial charge on any atom is -0.325 e. The Bertz CT molecular complexity index is 894. The van der Waals surface area contributed by atoms with E-state index < -0.39 is 10.0 Å². The van der Waals surface area contributed by atoms with Crippen molar-refractivity contribution in [3.8, 4) is 0 Å². The topological polar surface area (TPSA) is 75.3 Å². The van der Waals surface area contributed by atoms with Gasteiger partial charge in [0.25, 0.3) is 0 Å². The summed E-state index contributed by atoms with van der Waals surface area (Å²) in [6.07, 6.45) is 3.50. The van der Waals surface area contributed by atoms with Gasteiger partial charge >= 0.3 is 0 Å². The number of thioether (sulfide) groups is 1. The second-order valence-electron chi connectivity index (χ2n) is 6.20. The second kappa shape index (κ2) is 8.14. The van der Waals surface area contributed by atoms with Crippen LogP contribution in [-0.4, -0.2) is 25.8 Å². The van der Waals surface area contributed by atoms with Crippen LogP contribution in [0.1, 0.15) is 24.5 Å². The van der Waals surface area contributed by atoms with Crippen LogP contribution in [0.5, 0.6) is 0 Å². The lowest BCUT2D eigenvalue weighted by molar-refractivity contribution is -0.113. The molecule has 0 saturated heterocycles. The van der Waals surface area contributed by atoms with Gasteiger partial charge in [0, 0.05) is 16.3 Å². The lowest BCUT2D eigenvalue weighted by Gasteiger charge is -2.09. The number of sulfonamides is 1. The van der Waals surface area contributed by atoms with E-state index in [0.717, 1.165) is 17.7 Å². The monoisotopic (exact) mass is 390 g/mol. The molecule has 138 valence electrons. The molecule has 0 aromatic heterocycles. The summed E-state index contributed by atoms with van der Waals surface area (Å²) in [5.41, 5.74) is 3.96. The average molecular weight is 391 g/mol. The molecule has 2 N–H and O–H groups in total. The molecule has 0 unspecified atom stereocenters. The maximum absolute atomic E-state index is 12.1. The third kappa shape index (κ3) is 5.02. The van der Waals surface area contributed by atoms with E-state index in [4.69, 9.17) is 0 Å². The Labute approximate surface area is 158 Å². The summed E-state index contributed by atoms with van der Waals surface area (Å²) in [5, 5.41) is 2.83. The van der Waals surface area contributed by atoms with Crippen LogP contribution in [0.3, 0.4) is 0 Å². The molecule has 5 nitrogen and oxygen atoms in total. The highest BCUT2D eigenvalue weighted by Gasteiger charge is 2.12. The van der Waals surface area contributed by atoms with Crippen molar-refractivity contribution in [2.45, 2.75) is 31.1 Å². The molecule has 1 aliphatic rings. The van der Waals surface area contributed by atoms with E-state index in [1.165, 1.54) is 29.3 Å². The molecular formula is C19H22N2O3S2. The number of amides is 1. The highest BCUT2D eigenvalue weighted by molar-refractivity contribution is 8.00. The number of rotatable bonds is 7. The van der Waals surface area contributed by atoms with Gasteiger partial charge in [-0.05, 0) is 73.7 Å². The van der Waals surface area contributed by atoms with Gasteiger partial charge in [0.1, 0.15) is 0 Å². The van der Waals surface area contributed by atoms with Crippen LogP contribution in [0.2, 0.25) is 0 Å². The Balaban J connectivity index is 1.52. The van der Waals surface area contributed by atoms with Crippen LogP contribution in [-0.2, 0) is 27.7 Å². The molecule has 2 aromatic rings. The minimum atomic E-state index is -3.29. The number of fused-ring (bicyclic) bond motifs is 1. The second-order valence-corrected chi connectivity index (χ2v) is 9.26. The largest absolute Gasteiger partial charge is 0.325 e. The first-order valence-electron chi connectivity index (χ1n) is 8.60. The molecule has 3 rings (SSSR count). The summed E-state index contributed by atoms with van der Waals surface area (Å²) < 4.78 is 25.5. The third-order valence-electron chi connectivity index (χ3n) is 4.26. The molecule has 0 saturated carbocycles. The SMILES string of the molecule is CCS(=O)(=O)Nc1ccc(NC(=O)CSc2ccc3c(c2)CCC3)cc1. The molecule has 7 heteroatoms. The standard InChI is InChI=1S/C19H22N2O3S2/c1-2-26(23,24)21-17-9-7-16(8-10-17)20-19(22)13-25-18-11-6-14-4-3-5-15(14)12-18/h6-12,21H,2-5,13H2,1H3,(H,20,22). The van der Waals surface area contributed by atoms with E-state index in [-0.39, 0.29) is 11.7 Å². The Kier molecular flexibility index (Phi) is 5.88. The minimum absolute atomic E-state index is 0.0193. The zero-order valence-electron chi connectivity index (χ0n) is 14.6. The summed E-state index contributed by atoms with van der Waals surface area (Å²) in [7, 11) is -3.29. The molecule has 2 aromatic carbocycles. The van der Waals surface area contributed by atoms with Crippen molar-refractivity contribution in [3.05, 3.63) is 53.6 Å². The van der Waals surface area contributed by atoms with E-state index in [2.05, 4.69) is 28.2 Å². The van der Waals surface area contributed by atoms with Crippen molar-refractivity contribution in [2.75, 3.05) is 21.5 Å². The first kappa shape index (κ1) is 18.8. The molecule has 0 atom stereocenters. The maximum Gasteiger partial charge on any atom is 0.234 e. The number of aryl methyl sites for hydroxylation is 2. The van der Waals surface area contributed by atoms with Crippen LogP contribution in [0.4, 0.5) is 11.4 Å². The van der Waals surface area contributed by atoms with Gasteiger partial charge in [0.05, 0.1) is 11.5 Å². The number of carbonyl (C=O) groups is 1. The first-order chi connectivity index (χ1) is 12.4. The molecule has 0 aliphatic heterocycles. The van der Waals surface area contributed by atoms with Gasteiger partial charge in [-0.15, -0.1) is 11.8 Å². The zero-order chi connectivity index (χ0) is 18.6. The number of carbonyl (C=O) groups excluding carboxylic acids is 1. The summed E-state index contributed by atoms with van der Waals surface area (Å²) in [6, 6.07) is 13.1. The first-order valence-corrected chi connectivity index (χ1v) is 11.2. The molecule has 0 heterocycles. The van der Waals surface area contributed by atoms with Crippen LogP contribution in [0, 0.1) is 0 Å². The Morgan fingerprint density at radius 3 is 2.46 bits per heavy atom. The lowest BCUT2D eigenvalue weighted by atomic mass is 10.1. The van der Waals surface area contributed by atoms with Crippen LogP contribution < -0.4 is 10.0 Å². The van der Waals surface area contributed by atoms with Crippen molar-refractivity contribution >= 4 is 39.1 Å². The van der Waals surface area contributed by atoms with Crippen molar-refractivity contribution in [1.82, 2.24) is 0 Å². The summed E-state index contributed by atoms with van der Waals surface area (Å²) in [6.45, 7) is 1.58. The van der Waals surface area contributed by atoms with Gasteiger partial charge in [-0.25, -0.2) is 8.42 Å². The lowest BCUT2D eigenvalue weighted by Crippen LogP contribution is -2.15. The van der Waals surface area contributed by atoms with E-state index in [1.54, 1.807) is 31.2 Å². The van der Waals surface area contributed by atoms with Gasteiger partial charge in [-0.2, -0.15) is 0 Å². The van der Waals surface area contributed by atoms with Crippen LogP contribution in [0.15, 0.2) is 47.4 Å². The van der Waals surface area contributed by atoms with Gasteiger partial charge in [-0.1, -0.05) is 6.07 Å². The normalized spacial score (nSPS) is 13.3. The summed E-state index contributed by atoms with van der Waals surface area (Å²) in [5.74, 6) is 0.270. The summed E-state index contributed by atoms with van der Waals surface area (Å²) in [4.78, 5) is 13.3. The zero-order valence-corrected chi connectivity index (χ0v) is 16.3. The molecule has 1 amide bonds. The van der Waals surface area contributed by atoms with E-state index in [1.807, 2.05) is 0 Å². The molecule has 0 fully saturated rings. The third-order valence-corrected chi connectivity index (χ3v) is 6.56. The fourth-order valence-electron chi connectivity index (χ4n) is 2.86. The molecule has 26 heavy (non-hydrogen) atoms. The van der Waals surface area contributed by atoms with Crippen molar-refractivity contribution < 1.29 is 13.2 Å². The molecule has 1 aliphatic carbocycles. The summed E-state index contributed by atoms with van der Waals surface area (Å²) >= 11 is 1.52. The predicted octanol–water partition coefficient (Wildman–Crippen LogP) is 3.67. The number of hydrogen-bond acceptors (Lipinski definition) is 4. The fourth-order valence-corrected chi connectivity index (χ4v) is 4.26. The predicted molar refractivity (Wildman–Crippen MR) is 107 cm³/mol. The Hall–Kier alpha value is -1.99. The molecule has 0 radical (unpaired) electrons. The van der Waals surface area contributed by atoms with Crippen molar-refractivity contribution in [1.29, 1.82) is 0 Å². The van der Waals surface area contributed by atoms with Gasteiger partial charge in [0.15, 0.2) is 0 Å². The van der Waals surface area contributed by atoms with Crippen molar-refractivity contribution in [2.24, 2.45) is 0 Å². The molecule has 0 bridgehead atoms. The average Bonchev–Trinajstić information content (AvgIpc) is 3.09. The van der Waals surface area contributed by atoms with Gasteiger partial charge < -0.3 is 5.32 Å². The highest BCUT2D eigenvalue weighted by atomic mass is 32.2. The van der Waals surface area contributed by atoms with E-state index in [0.29, 0.717) is 17.1 Å². The number of anilines is 2. The van der Waals surface area contributed by atoms with Crippen molar-refractivity contribution in [3.63, 3.8) is 0 Å². The van der Waals surface area contributed by atoms with Gasteiger partial charge in [0.2, 0.25) is 15.9 Å². The smallest absolute Gasteiger partial charge is 0.234 e. The van der Waals surface area contributed by atoms with Crippen LogP contribution >= 0.6 is 11.8 Å². The number of benzene rings is 2. The van der Waals surface area contributed by atoms with Gasteiger partial charge in [-0.3, -0.25) is 9.52 Å². The quantitative estimate of drug-likeness (QED) is 0.708.